The topological polar surface area (TPSA) is 116 Å². The van der Waals surface area contributed by atoms with Crippen LogP contribution in [0.5, 0.6) is 23.0 Å². The van der Waals surface area contributed by atoms with E-state index < -0.39 is 35.9 Å². The van der Waals surface area contributed by atoms with Crippen molar-refractivity contribution in [1.82, 2.24) is 10.3 Å². The monoisotopic (exact) mass is 446 g/mol. The van der Waals surface area contributed by atoms with Gasteiger partial charge in [-0.05, 0) is 44.0 Å². The van der Waals surface area contributed by atoms with Crippen LogP contribution in [0.25, 0.3) is 0 Å². The third-order valence-electron chi connectivity index (χ3n) is 4.78. The zero-order valence-electron chi connectivity index (χ0n) is 19.1. The van der Waals surface area contributed by atoms with Gasteiger partial charge >= 0.3 is 5.97 Å². The van der Waals surface area contributed by atoms with Crippen molar-refractivity contribution in [2.24, 2.45) is 5.92 Å². The molecule has 9 heteroatoms. The molecule has 3 atom stereocenters. The smallest absolute Gasteiger partial charge is 0.328 e. The molecule has 1 amide bonds. The molecule has 1 aromatic heterocycles. The first-order valence-corrected chi connectivity index (χ1v) is 10.2. The van der Waals surface area contributed by atoms with Crippen molar-refractivity contribution in [3.05, 3.63) is 42.2 Å². The fourth-order valence-corrected chi connectivity index (χ4v) is 3.04. The van der Waals surface area contributed by atoms with Crippen LogP contribution in [-0.2, 0) is 9.53 Å². The fourth-order valence-electron chi connectivity index (χ4n) is 3.04. The van der Waals surface area contributed by atoms with Gasteiger partial charge in [-0.25, -0.2) is 9.78 Å². The molecule has 0 saturated carbocycles. The third-order valence-corrected chi connectivity index (χ3v) is 4.78. The van der Waals surface area contributed by atoms with E-state index in [2.05, 4.69) is 10.3 Å². The Bertz CT molecular complexity index is 915. The van der Waals surface area contributed by atoms with Crippen LogP contribution in [0.1, 0.15) is 38.2 Å². The summed E-state index contributed by atoms with van der Waals surface area (Å²) in [4.78, 5) is 29.0. The van der Waals surface area contributed by atoms with E-state index in [1.54, 1.807) is 31.4 Å². The number of aromatic nitrogens is 1. The molecule has 2 aromatic rings. The molecule has 0 aliphatic rings. The van der Waals surface area contributed by atoms with Crippen LogP contribution >= 0.6 is 0 Å². The highest BCUT2D eigenvalue weighted by atomic mass is 16.6. The average Bonchev–Trinajstić information content (AvgIpc) is 2.77. The van der Waals surface area contributed by atoms with Crippen molar-refractivity contribution in [2.75, 3.05) is 14.2 Å². The summed E-state index contributed by atoms with van der Waals surface area (Å²) in [6.45, 7) is 7.12. The van der Waals surface area contributed by atoms with Crippen LogP contribution < -0.4 is 19.5 Å². The molecule has 0 radical (unpaired) electrons. The minimum atomic E-state index is -0.982. The fraction of sp³-hybridized carbons (Fsp3) is 0.435. The second-order valence-electron chi connectivity index (χ2n) is 7.55. The highest BCUT2D eigenvalue weighted by molar-refractivity contribution is 5.97. The maximum absolute atomic E-state index is 12.7. The summed E-state index contributed by atoms with van der Waals surface area (Å²) in [5.41, 5.74) is -0.249. The zero-order valence-corrected chi connectivity index (χ0v) is 19.1. The first-order chi connectivity index (χ1) is 15.2. The molecule has 0 bridgehead atoms. The van der Waals surface area contributed by atoms with E-state index in [-0.39, 0.29) is 17.4 Å². The van der Waals surface area contributed by atoms with E-state index in [1.165, 1.54) is 26.3 Å². The number of methoxy groups -OCH3 is 2. The van der Waals surface area contributed by atoms with Gasteiger partial charge in [0.25, 0.3) is 5.91 Å². The first kappa shape index (κ1) is 24.8. The number of ether oxygens (including phenoxy) is 4. The molecule has 9 nitrogen and oxygen atoms in total. The van der Waals surface area contributed by atoms with Gasteiger partial charge in [-0.3, -0.25) is 4.79 Å². The SMILES string of the molecule is COc1ccc(O[C@@H](C)C(OC(=O)[C@H](C)NC(=O)c2nccc(OC)c2O)C(C)C)cc1. The van der Waals surface area contributed by atoms with Crippen LogP contribution in [0, 0.1) is 5.92 Å². The second kappa shape index (κ2) is 11.2. The molecule has 2 N–H and O–H groups in total. The largest absolute Gasteiger partial charge is 0.503 e. The molecule has 1 unspecified atom stereocenters. The van der Waals surface area contributed by atoms with Crippen molar-refractivity contribution in [3.8, 4) is 23.0 Å². The molecule has 1 heterocycles. The van der Waals surface area contributed by atoms with Gasteiger partial charge in [-0.15, -0.1) is 0 Å². The molecular weight excluding hydrogens is 416 g/mol. The summed E-state index contributed by atoms with van der Waals surface area (Å²) in [5, 5.41) is 12.6. The van der Waals surface area contributed by atoms with Gasteiger partial charge in [-0.1, -0.05) is 13.8 Å². The van der Waals surface area contributed by atoms with Crippen LogP contribution in [0.4, 0.5) is 0 Å². The summed E-state index contributed by atoms with van der Waals surface area (Å²) in [6.07, 6.45) is 0.315. The molecule has 0 fully saturated rings. The molecule has 1 aromatic carbocycles. The van der Waals surface area contributed by atoms with Gasteiger partial charge in [0.2, 0.25) is 0 Å². The number of nitrogens with one attached hydrogen (secondary N) is 1. The molecule has 32 heavy (non-hydrogen) atoms. The van der Waals surface area contributed by atoms with Crippen LogP contribution in [0.3, 0.4) is 0 Å². The van der Waals surface area contributed by atoms with Crippen LogP contribution in [0.2, 0.25) is 0 Å². The Hall–Kier alpha value is -3.49. The standard InChI is InChI=1S/C23H30N2O7/c1-13(2)21(15(4)31-17-9-7-16(29-5)8-10-17)32-23(28)14(3)25-22(27)19-20(26)18(30-6)11-12-24-19/h7-15,21,26H,1-6H3,(H,25,27)/t14-,15-,21?/m0/s1. The lowest BCUT2D eigenvalue weighted by Crippen LogP contribution is -2.45. The van der Waals surface area contributed by atoms with Gasteiger partial charge in [0, 0.05) is 12.3 Å². The highest BCUT2D eigenvalue weighted by Gasteiger charge is 2.30. The van der Waals surface area contributed by atoms with Gasteiger partial charge < -0.3 is 29.4 Å². The average molecular weight is 447 g/mol. The van der Waals surface area contributed by atoms with E-state index in [0.29, 0.717) is 11.5 Å². The van der Waals surface area contributed by atoms with Crippen LogP contribution in [-0.4, -0.2) is 54.4 Å². The van der Waals surface area contributed by atoms with E-state index in [1.807, 2.05) is 20.8 Å². The number of rotatable bonds is 10. The lowest BCUT2D eigenvalue weighted by atomic mass is 10.0. The van der Waals surface area contributed by atoms with Gasteiger partial charge in [0.15, 0.2) is 17.2 Å². The Morgan fingerprint density at radius 2 is 1.59 bits per heavy atom. The molecule has 2 rings (SSSR count). The summed E-state index contributed by atoms with van der Waals surface area (Å²) >= 11 is 0. The lowest BCUT2D eigenvalue weighted by Gasteiger charge is -2.29. The number of carbonyl (C=O) groups is 2. The molecule has 0 aliphatic carbocycles. The molecular formula is C23H30N2O7. The van der Waals surface area contributed by atoms with Crippen molar-refractivity contribution in [2.45, 2.75) is 45.9 Å². The van der Waals surface area contributed by atoms with Crippen molar-refractivity contribution < 1.29 is 33.6 Å². The number of pyridine rings is 1. The number of nitrogens with zero attached hydrogens (tertiary/aromatic N) is 1. The number of carbonyl (C=O) groups excluding carboxylic acids is 2. The normalized spacial score (nSPS) is 13.6. The van der Waals surface area contributed by atoms with Crippen LogP contribution in [0.15, 0.2) is 36.5 Å². The highest BCUT2D eigenvalue weighted by Crippen LogP contribution is 2.27. The number of hydrogen-bond acceptors (Lipinski definition) is 8. The van der Waals surface area contributed by atoms with Crippen molar-refractivity contribution >= 4 is 11.9 Å². The lowest BCUT2D eigenvalue weighted by molar-refractivity contribution is -0.158. The minimum Gasteiger partial charge on any atom is -0.503 e. The maximum atomic E-state index is 12.7. The third kappa shape index (κ3) is 6.26. The number of benzene rings is 1. The molecule has 0 saturated heterocycles. The number of aromatic hydroxyl groups is 1. The molecule has 174 valence electrons. The van der Waals surface area contributed by atoms with Gasteiger partial charge in [0.1, 0.15) is 29.7 Å². The first-order valence-electron chi connectivity index (χ1n) is 10.2. The van der Waals surface area contributed by atoms with E-state index in [9.17, 15) is 14.7 Å². The Morgan fingerprint density at radius 3 is 2.16 bits per heavy atom. The minimum absolute atomic E-state index is 0.0424. The van der Waals surface area contributed by atoms with E-state index in [4.69, 9.17) is 18.9 Å². The van der Waals surface area contributed by atoms with Gasteiger partial charge in [0.05, 0.1) is 14.2 Å². The summed E-state index contributed by atoms with van der Waals surface area (Å²) in [6, 6.07) is 7.53. The predicted molar refractivity (Wildman–Crippen MR) is 117 cm³/mol. The zero-order chi connectivity index (χ0) is 23.8. The quantitative estimate of drug-likeness (QED) is 0.535. The maximum Gasteiger partial charge on any atom is 0.328 e. The number of amides is 1. The Morgan fingerprint density at radius 1 is 0.969 bits per heavy atom. The summed E-state index contributed by atoms with van der Waals surface area (Å²) in [7, 11) is 2.94. The van der Waals surface area contributed by atoms with Gasteiger partial charge in [-0.2, -0.15) is 0 Å². The summed E-state index contributed by atoms with van der Waals surface area (Å²) in [5.74, 6) is -0.392. The van der Waals surface area contributed by atoms with E-state index in [0.717, 1.165) is 0 Å². The Kier molecular flexibility index (Phi) is 8.69. The molecule has 0 spiro atoms. The second-order valence-corrected chi connectivity index (χ2v) is 7.55. The number of hydrogen-bond donors (Lipinski definition) is 2. The van der Waals surface area contributed by atoms with Crippen molar-refractivity contribution in [3.63, 3.8) is 0 Å². The van der Waals surface area contributed by atoms with Crippen molar-refractivity contribution in [1.29, 1.82) is 0 Å². The Labute approximate surface area is 187 Å². The van der Waals surface area contributed by atoms with E-state index >= 15 is 0 Å². The molecule has 0 aliphatic heterocycles. The predicted octanol–water partition coefficient (Wildman–Crippen LogP) is 2.96. The Balaban J connectivity index is 2.02. The number of esters is 1. The summed E-state index contributed by atoms with van der Waals surface area (Å²) < 4.78 is 21.7.